The molecule has 1 aromatic rings. The van der Waals surface area contributed by atoms with Crippen molar-refractivity contribution in [2.45, 2.75) is 50.9 Å². The van der Waals surface area contributed by atoms with E-state index in [1.54, 1.807) is 31.0 Å². The van der Waals surface area contributed by atoms with Crippen LogP contribution in [-0.2, 0) is 27.4 Å². The van der Waals surface area contributed by atoms with E-state index in [1.807, 2.05) is 24.3 Å². The molecule has 0 saturated heterocycles. The van der Waals surface area contributed by atoms with Crippen LogP contribution in [0.2, 0.25) is 0 Å². The lowest BCUT2D eigenvalue weighted by Gasteiger charge is -2.18. The number of aliphatic hydroxyl groups is 2. The lowest BCUT2D eigenvalue weighted by atomic mass is 9.91. The number of thioether (sulfide) groups is 1. The fourth-order valence-electron chi connectivity index (χ4n) is 3.81. The highest BCUT2D eigenvalue weighted by molar-refractivity contribution is 7.99. The maximum Gasteiger partial charge on any atom is 0.303 e. The van der Waals surface area contributed by atoms with Gasteiger partial charge in [0.1, 0.15) is 5.78 Å². The Morgan fingerprint density at radius 3 is 2.83 bits per heavy atom. The first kappa shape index (κ1) is 24.6. The molecule has 0 unspecified atom stereocenters. The number of ether oxygens (including phenoxy) is 1. The summed E-state index contributed by atoms with van der Waals surface area (Å²) in [5.74, 6) is 0.231. The molecule has 0 amide bonds. The molecule has 4 atom stereocenters. The summed E-state index contributed by atoms with van der Waals surface area (Å²) in [6.45, 7) is 0.520. The van der Waals surface area contributed by atoms with Crippen LogP contribution in [0.15, 0.2) is 36.4 Å². The third-order valence-electron chi connectivity index (χ3n) is 5.29. The number of rotatable bonds is 13. The molecule has 7 heteroatoms. The second-order valence-corrected chi connectivity index (χ2v) is 8.95. The summed E-state index contributed by atoms with van der Waals surface area (Å²) in [4.78, 5) is 22.8. The summed E-state index contributed by atoms with van der Waals surface area (Å²) in [5, 5.41) is 29.4. The first-order chi connectivity index (χ1) is 14.4. The van der Waals surface area contributed by atoms with Crippen LogP contribution in [-0.4, -0.2) is 57.9 Å². The van der Waals surface area contributed by atoms with Gasteiger partial charge in [0.05, 0.1) is 18.8 Å². The molecule has 166 valence electrons. The zero-order valence-corrected chi connectivity index (χ0v) is 18.2. The largest absolute Gasteiger partial charge is 0.481 e. The Bertz CT molecular complexity index is 719. The van der Waals surface area contributed by atoms with Crippen LogP contribution in [0.25, 0.3) is 0 Å². The number of hydrogen-bond acceptors (Lipinski definition) is 6. The number of benzene rings is 1. The van der Waals surface area contributed by atoms with Crippen LogP contribution in [0.1, 0.15) is 36.8 Å². The number of carboxylic acids is 1. The normalized spacial score (nSPS) is 22.6. The monoisotopic (exact) mass is 436 g/mol. The molecular weight excluding hydrogens is 404 g/mol. The fraction of sp³-hybridized carbons (Fsp3) is 0.565. The Labute approximate surface area is 182 Å². The summed E-state index contributed by atoms with van der Waals surface area (Å²) in [7, 11) is 1.64. The smallest absolute Gasteiger partial charge is 0.303 e. The van der Waals surface area contributed by atoms with Crippen LogP contribution in [0.3, 0.4) is 0 Å². The fourth-order valence-corrected chi connectivity index (χ4v) is 4.78. The SMILES string of the molecule is COCc1cccc(C[C@H](O)/C=C/[C@H]2[C@H](O)CC(=O)[C@@H]2CCSCCCC(=O)O)c1. The number of carbonyl (C=O) groups excluding carboxylic acids is 1. The maximum absolute atomic E-state index is 12.3. The van der Waals surface area contributed by atoms with E-state index in [2.05, 4.69) is 0 Å². The standard InChI is InChI=1S/C23H32O6S/c1-29-15-17-5-2-4-16(12-17)13-18(24)7-8-19-20(22(26)14-21(19)25)9-11-30-10-3-6-23(27)28/h2,4-5,7-8,12,18-21,24-25H,3,6,9-11,13-15H2,1H3,(H,27,28)/b8-7+/t18-,19-,20-,21-/m1/s1. The van der Waals surface area contributed by atoms with Crippen LogP contribution >= 0.6 is 11.8 Å². The van der Waals surface area contributed by atoms with Crippen molar-refractivity contribution in [1.82, 2.24) is 0 Å². The van der Waals surface area contributed by atoms with E-state index < -0.39 is 18.2 Å². The number of ketones is 1. The highest BCUT2D eigenvalue weighted by Gasteiger charge is 2.39. The lowest BCUT2D eigenvalue weighted by molar-refractivity contribution is -0.137. The van der Waals surface area contributed by atoms with Gasteiger partial charge < -0.3 is 20.1 Å². The average molecular weight is 437 g/mol. The van der Waals surface area contributed by atoms with Gasteiger partial charge in [-0.2, -0.15) is 11.8 Å². The van der Waals surface area contributed by atoms with Gasteiger partial charge in [0.15, 0.2) is 0 Å². The number of Topliss-reactive ketones (excluding diaryl/α,β-unsaturated/α-hetero) is 1. The second-order valence-electron chi connectivity index (χ2n) is 7.73. The number of aliphatic carboxylic acids is 1. The molecule has 0 spiro atoms. The van der Waals surface area contributed by atoms with E-state index in [1.165, 1.54) is 0 Å². The zero-order chi connectivity index (χ0) is 21.9. The van der Waals surface area contributed by atoms with Crippen molar-refractivity contribution in [3.05, 3.63) is 47.5 Å². The summed E-state index contributed by atoms with van der Waals surface area (Å²) in [6, 6.07) is 7.86. The van der Waals surface area contributed by atoms with E-state index in [-0.39, 0.29) is 30.5 Å². The predicted octanol–water partition coefficient (Wildman–Crippen LogP) is 2.85. The van der Waals surface area contributed by atoms with Gasteiger partial charge in [-0.3, -0.25) is 9.59 Å². The highest BCUT2D eigenvalue weighted by atomic mass is 32.2. The Kier molecular flexibility index (Phi) is 10.6. The molecule has 0 heterocycles. The lowest BCUT2D eigenvalue weighted by Crippen LogP contribution is -2.20. The molecule has 30 heavy (non-hydrogen) atoms. The second kappa shape index (κ2) is 12.9. The topological polar surface area (TPSA) is 104 Å². The van der Waals surface area contributed by atoms with Gasteiger partial charge in [-0.25, -0.2) is 0 Å². The molecule has 0 bridgehead atoms. The Morgan fingerprint density at radius 1 is 1.33 bits per heavy atom. The van der Waals surface area contributed by atoms with Gasteiger partial charge in [0.25, 0.3) is 0 Å². The number of methoxy groups -OCH3 is 1. The first-order valence-electron chi connectivity index (χ1n) is 10.3. The van der Waals surface area contributed by atoms with Crippen molar-refractivity contribution in [3.63, 3.8) is 0 Å². The van der Waals surface area contributed by atoms with Crippen molar-refractivity contribution in [2.24, 2.45) is 11.8 Å². The van der Waals surface area contributed by atoms with E-state index in [0.29, 0.717) is 25.9 Å². The number of carbonyl (C=O) groups is 2. The van der Waals surface area contributed by atoms with Crippen molar-refractivity contribution >= 4 is 23.5 Å². The van der Waals surface area contributed by atoms with Crippen molar-refractivity contribution in [2.75, 3.05) is 18.6 Å². The van der Waals surface area contributed by atoms with E-state index in [4.69, 9.17) is 9.84 Å². The molecule has 0 aliphatic heterocycles. The van der Waals surface area contributed by atoms with E-state index in [9.17, 15) is 19.8 Å². The van der Waals surface area contributed by atoms with E-state index >= 15 is 0 Å². The Hall–Kier alpha value is -1.67. The minimum atomic E-state index is -0.793. The third-order valence-corrected chi connectivity index (χ3v) is 6.39. The summed E-state index contributed by atoms with van der Waals surface area (Å²) >= 11 is 1.64. The van der Waals surface area contributed by atoms with Crippen molar-refractivity contribution < 1.29 is 29.6 Å². The first-order valence-corrected chi connectivity index (χ1v) is 11.5. The van der Waals surface area contributed by atoms with Crippen LogP contribution < -0.4 is 0 Å². The van der Waals surface area contributed by atoms with Crippen molar-refractivity contribution in [1.29, 1.82) is 0 Å². The molecule has 2 rings (SSSR count). The summed E-state index contributed by atoms with van der Waals surface area (Å²) in [5.41, 5.74) is 2.04. The van der Waals surface area contributed by atoms with Crippen molar-refractivity contribution in [3.8, 4) is 0 Å². The number of aliphatic hydroxyl groups excluding tert-OH is 2. The van der Waals surface area contributed by atoms with Crippen LogP contribution in [0.4, 0.5) is 0 Å². The van der Waals surface area contributed by atoms with Gasteiger partial charge in [0, 0.05) is 38.2 Å². The van der Waals surface area contributed by atoms with Crippen LogP contribution in [0.5, 0.6) is 0 Å². The maximum atomic E-state index is 12.3. The number of hydrogen-bond donors (Lipinski definition) is 3. The zero-order valence-electron chi connectivity index (χ0n) is 17.4. The minimum Gasteiger partial charge on any atom is -0.481 e. The van der Waals surface area contributed by atoms with Gasteiger partial charge in [0.2, 0.25) is 0 Å². The number of carboxylic acid groups (broad SMARTS) is 1. The quantitative estimate of drug-likeness (QED) is 0.323. The summed E-state index contributed by atoms with van der Waals surface area (Å²) in [6.07, 6.45) is 4.09. The molecule has 3 N–H and O–H groups in total. The third kappa shape index (κ3) is 8.22. The van der Waals surface area contributed by atoms with E-state index in [0.717, 1.165) is 22.6 Å². The summed E-state index contributed by atoms with van der Waals surface area (Å²) < 4.78 is 5.14. The molecule has 0 aromatic heterocycles. The van der Waals surface area contributed by atoms with Gasteiger partial charge in [-0.05, 0) is 35.5 Å². The molecular formula is C23H32O6S. The van der Waals surface area contributed by atoms with Gasteiger partial charge in [-0.1, -0.05) is 36.4 Å². The highest BCUT2D eigenvalue weighted by Crippen LogP contribution is 2.34. The molecule has 1 aliphatic carbocycles. The molecule has 1 aromatic carbocycles. The molecule has 1 fully saturated rings. The van der Waals surface area contributed by atoms with Crippen LogP contribution in [0, 0.1) is 11.8 Å². The van der Waals surface area contributed by atoms with Gasteiger partial charge >= 0.3 is 5.97 Å². The molecule has 1 aliphatic rings. The molecule has 0 radical (unpaired) electrons. The molecule has 6 nitrogen and oxygen atoms in total. The minimum absolute atomic E-state index is 0.0602. The average Bonchev–Trinajstić information content (AvgIpc) is 2.95. The van der Waals surface area contributed by atoms with Gasteiger partial charge in [-0.15, -0.1) is 0 Å². The molecule has 1 saturated carbocycles. The Morgan fingerprint density at radius 2 is 2.10 bits per heavy atom. The predicted molar refractivity (Wildman–Crippen MR) is 117 cm³/mol. The Balaban J connectivity index is 1.85.